The molecule has 0 aliphatic rings. The zero-order valence-corrected chi connectivity index (χ0v) is 10.7. The van der Waals surface area contributed by atoms with E-state index in [1.165, 1.54) is 0 Å². The third kappa shape index (κ3) is 2.77. The fourth-order valence-corrected chi connectivity index (χ4v) is 1.87. The van der Waals surface area contributed by atoms with E-state index < -0.39 is 0 Å². The van der Waals surface area contributed by atoms with Crippen molar-refractivity contribution in [3.63, 3.8) is 0 Å². The van der Waals surface area contributed by atoms with E-state index in [0.717, 1.165) is 17.1 Å². The van der Waals surface area contributed by atoms with Crippen molar-refractivity contribution < 1.29 is 4.42 Å². The zero-order valence-electron chi connectivity index (χ0n) is 9.99. The molecular weight excluding hydrogens is 238 g/mol. The van der Waals surface area contributed by atoms with Gasteiger partial charge in [-0.15, -0.1) is 10.2 Å². The summed E-state index contributed by atoms with van der Waals surface area (Å²) in [5, 5.41) is 11.4. The Hall–Kier alpha value is -1.55. The molecule has 2 aromatic rings. The molecule has 1 N–H and O–H groups in total. The van der Waals surface area contributed by atoms with Crippen LogP contribution in [0.5, 0.6) is 0 Å². The van der Waals surface area contributed by atoms with Crippen molar-refractivity contribution in [3.05, 3.63) is 40.4 Å². The lowest BCUT2D eigenvalue weighted by Gasteiger charge is -2.13. The lowest BCUT2D eigenvalue weighted by atomic mass is 10.1. The van der Waals surface area contributed by atoms with Gasteiger partial charge < -0.3 is 9.73 Å². The van der Waals surface area contributed by atoms with Gasteiger partial charge in [0.25, 0.3) is 0 Å². The summed E-state index contributed by atoms with van der Waals surface area (Å²) >= 11 is 5.68. The first-order valence-corrected chi connectivity index (χ1v) is 5.77. The molecule has 0 saturated carbocycles. The molecule has 0 spiro atoms. The van der Waals surface area contributed by atoms with Gasteiger partial charge >= 0.3 is 0 Å². The van der Waals surface area contributed by atoms with E-state index in [9.17, 15) is 0 Å². The van der Waals surface area contributed by atoms with Crippen molar-refractivity contribution in [3.8, 4) is 0 Å². The van der Waals surface area contributed by atoms with Crippen LogP contribution in [0.2, 0.25) is 5.15 Å². The van der Waals surface area contributed by atoms with Gasteiger partial charge in [-0.25, -0.2) is 0 Å². The topological polar surface area (TPSA) is 51.0 Å². The summed E-state index contributed by atoms with van der Waals surface area (Å²) in [6.45, 7) is 5.94. The van der Waals surface area contributed by atoms with Gasteiger partial charge in [0.2, 0.25) is 0 Å². The molecule has 2 aromatic heterocycles. The molecule has 2 heterocycles. The van der Waals surface area contributed by atoms with Crippen LogP contribution in [0.3, 0.4) is 0 Å². The van der Waals surface area contributed by atoms with Gasteiger partial charge in [0.1, 0.15) is 17.3 Å². The Morgan fingerprint density at radius 1 is 1.29 bits per heavy atom. The lowest BCUT2D eigenvalue weighted by Crippen LogP contribution is -2.08. The van der Waals surface area contributed by atoms with Crippen LogP contribution in [-0.4, -0.2) is 10.2 Å². The van der Waals surface area contributed by atoms with Gasteiger partial charge in [-0.1, -0.05) is 11.6 Å². The number of anilines is 1. The van der Waals surface area contributed by atoms with Crippen molar-refractivity contribution in [2.24, 2.45) is 0 Å². The molecule has 1 atom stereocenters. The molecule has 2 rings (SSSR count). The molecule has 1 unspecified atom stereocenters. The minimum atomic E-state index is 0.114. The molecule has 5 heteroatoms. The van der Waals surface area contributed by atoms with Crippen LogP contribution >= 0.6 is 11.6 Å². The Balaban J connectivity index is 2.14. The van der Waals surface area contributed by atoms with E-state index in [2.05, 4.69) is 15.5 Å². The molecule has 0 aliphatic heterocycles. The molecule has 0 amide bonds. The fourth-order valence-electron chi connectivity index (χ4n) is 1.77. The second-order valence-corrected chi connectivity index (χ2v) is 4.36. The Labute approximate surface area is 105 Å². The van der Waals surface area contributed by atoms with E-state index in [4.69, 9.17) is 16.0 Å². The first-order valence-electron chi connectivity index (χ1n) is 5.39. The normalized spacial score (nSPS) is 12.5. The molecule has 0 bridgehead atoms. The highest BCUT2D eigenvalue weighted by molar-refractivity contribution is 6.29. The fraction of sp³-hybridized carbons (Fsp3) is 0.333. The van der Waals surface area contributed by atoms with Crippen molar-refractivity contribution >= 4 is 17.4 Å². The molecule has 0 radical (unpaired) electrons. The number of rotatable bonds is 3. The van der Waals surface area contributed by atoms with Gasteiger partial charge in [0, 0.05) is 5.56 Å². The summed E-state index contributed by atoms with van der Waals surface area (Å²) in [5.74, 6) is 2.53. The summed E-state index contributed by atoms with van der Waals surface area (Å²) in [4.78, 5) is 0. The number of aromatic nitrogens is 2. The maximum absolute atomic E-state index is 5.68. The second-order valence-electron chi connectivity index (χ2n) is 3.98. The minimum Gasteiger partial charge on any atom is -0.466 e. The van der Waals surface area contributed by atoms with Gasteiger partial charge in [0.05, 0.1) is 6.04 Å². The second kappa shape index (κ2) is 4.75. The number of halogens is 1. The van der Waals surface area contributed by atoms with Crippen molar-refractivity contribution in [2.45, 2.75) is 26.8 Å². The standard InChI is InChI=1S/C12H14ClN3O/c1-7-6-10(9(3)17-7)8(2)14-12-5-4-11(13)15-16-12/h4-6,8H,1-3H3,(H,14,16). The van der Waals surface area contributed by atoms with Crippen LogP contribution in [0.15, 0.2) is 22.6 Å². The Kier molecular flexibility index (Phi) is 3.33. The van der Waals surface area contributed by atoms with Crippen LogP contribution in [0.4, 0.5) is 5.82 Å². The summed E-state index contributed by atoms with van der Waals surface area (Å²) in [5.41, 5.74) is 1.12. The Bertz CT molecular complexity index is 507. The monoisotopic (exact) mass is 251 g/mol. The number of aryl methyl sites for hydroxylation is 2. The van der Waals surface area contributed by atoms with Crippen molar-refractivity contribution in [1.82, 2.24) is 10.2 Å². The van der Waals surface area contributed by atoms with Crippen LogP contribution < -0.4 is 5.32 Å². The third-order valence-corrected chi connectivity index (χ3v) is 2.74. The molecular formula is C12H14ClN3O. The van der Waals surface area contributed by atoms with Gasteiger partial charge in [-0.3, -0.25) is 0 Å². The number of furan rings is 1. The number of hydrogen-bond donors (Lipinski definition) is 1. The maximum atomic E-state index is 5.68. The zero-order chi connectivity index (χ0) is 12.4. The largest absolute Gasteiger partial charge is 0.466 e. The molecule has 0 aliphatic carbocycles. The van der Waals surface area contributed by atoms with E-state index >= 15 is 0 Å². The predicted molar refractivity (Wildman–Crippen MR) is 67.3 cm³/mol. The first kappa shape index (κ1) is 11.9. The van der Waals surface area contributed by atoms with Crippen LogP contribution in [0.1, 0.15) is 30.0 Å². The maximum Gasteiger partial charge on any atom is 0.151 e. The van der Waals surface area contributed by atoms with Crippen molar-refractivity contribution in [1.29, 1.82) is 0 Å². The van der Waals surface area contributed by atoms with Crippen LogP contribution in [0.25, 0.3) is 0 Å². The highest BCUT2D eigenvalue weighted by Crippen LogP contribution is 2.24. The Morgan fingerprint density at radius 2 is 2.06 bits per heavy atom. The van der Waals surface area contributed by atoms with Crippen LogP contribution in [0, 0.1) is 13.8 Å². The summed E-state index contributed by atoms with van der Waals surface area (Å²) in [7, 11) is 0. The quantitative estimate of drug-likeness (QED) is 0.907. The van der Waals surface area contributed by atoms with E-state index in [1.54, 1.807) is 12.1 Å². The summed E-state index contributed by atoms with van der Waals surface area (Å²) < 4.78 is 5.50. The predicted octanol–water partition coefficient (Wildman–Crippen LogP) is 3.51. The van der Waals surface area contributed by atoms with Gasteiger partial charge in [-0.05, 0) is 39.0 Å². The number of nitrogens with one attached hydrogen (secondary N) is 1. The summed E-state index contributed by atoms with van der Waals surface area (Å²) in [6.07, 6.45) is 0. The summed E-state index contributed by atoms with van der Waals surface area (Å²) in [6, 6.07) is 5.64. The smallest absolute Gasteiger partial charge is 0.151 e. The van der Waals surface area contributed by atoms with E-state index in [1.807, 2.05) is 26.8 Å². The molecule has 90 valence electrons. The average Bonchev–Trinajstić information content (AvgIpc) is 2.61. The third-order valence-electron chi connectivity index (χ3n) is 2.54. The molecule has 0 fully saturated rings. The van der Waals surface area contributed by atoms with Crippen LogP contribution in [-0.2, 0) is 0 Å². The molecule has 0 saturated heterocycles. The SMILES string of the molecule is Cc1cc(C(C)Nc2ccc(Cl)nn2)c(C)o1. The Morgan fingerprint density at radius 3 is 2.59 bits per heavy atom. The van der Waals surface area contributed by atoms with Crippen molar-refractivity contribution in [2.75, 3.05) is 5.32 Å². The number of nitrogens with zero attached hydrogens (tertiary/aromatic N) is 2. The molecule has 4 nitrogen and oxygen atoms in total. The minimum absolute atomic E-state index is 0.114. The van der Waals surface area contributed by atoms with Gasteiger partial charge in [0.15, 0.2) is 5.15 Å². The average molecular weight is 252 g/mol. The lowest BCUT2D eigenvalue weighted by molar-refractivity contribution is 0.499. The molecule has 17 heavy (non-hydrogen) atoms. The van der Waals surface area contributed by atoms with E-state index in [0.29, 0.717) is 11.0 Å². The van der Waals surface area contributed by atoms with E-state index in [-0.39, 0.29) is 6.04 Å². The van der Waals surface area contributed by atoms with Gasteiger partial charge in [-0.2, -0.15) is 0 Å². The first-order chi connectivity index (χ1) is 8.06. The molecule has 0 aromatic carbocycles. The highest BCUT2D eigenvalue weighted by atomic mass is 35.5. The number of hydrogen-bond acceptors (Lipinski definition) is 4. The highest BCUT2D eigenvalue weighted by Gasteiger charge is 2.12.